The van der Waals surface area contributed by atoms with E-state index in [-0.39, 0.29) is 30.0 Å². The lowest BCUT2D eigenvalue weighted by Crippen LogP contribution is -2.40. The Labute approximate surface area is 179 Å². The molecule has 7 heteroatoms. The summed E-state index contributed by atoms with van der Waals surface area (Å²) >= 11 is 0. The smallest absolute Gasteiger partial charge is 0.317 e. The van der Waals surface area contributed by atoms with Gasteiger partial charge in [0.15, 0.2) is 16.9 Å². The molecule has 0 aliphatic rings. The maximum Gasteiger partial charge on any atom is 0.337 e. The van der Waals surface area contributed by atoms with Crippen molar-refractivity contribution in [3.05, 3.63) is 91.9 Å². The summed E-state index contributed by atoms with van der Waals surface area (Å²) < 4.78 is 4.17. The number of hydrogen-bond donors (Lipinski definition) is 0. The first kappa shape index (κ1) is 20.5. The molecule has 4 rings (SSSR count). The molecule has 0 amide bonds. The van der Waals surface area contributed by atoms with Crippen LogP contribution in [0.1, 0.15) is 34.0 Å². The Hall–Kier alpha value is -3.74. The van der Waals surface area contributed by atoms with Crippen LogP contribution in [0.3, 0.4) is 0 Å². The summed E-state index contributed by atoms with van der Waals surface area (Å²) in [6.45, 7) is 7.70. The van der Waals surface area contributed by atoms with Gasteiger partial charge >= 0.3 is 5.69 Å². The molecule has 0 aliphatic carbocycles. The quantitative estimate of drug-likeness (QED) is 0.468. The van der Waals surface area contributed by atoms with Crippen LogP contribution >= 0.6 is 0 Å². The van der Waals surface area contributed by atoms with Crippen LogP contribution in [-0.4, -0.2) is 24.5 Å². The van der Waals surface area contributed by atoms with E-state index >= 15 is 0 Å². The molecular weight excluding hydrogens is 392 g/mol. The molecular formula is C24H24N4O3. The zero-order valence-corrected chi connectivity index (χ0v) is 18.0. The highest BCUT2D eigenvalue weighted by Crippen LogP contribution is 2.18. The second kappa shape index (κ2) is 7.83. The van der Waals surface area contributed by atoms with E-state index in [1.165, 1.54) is 15.5 Å². The minimum atomic E-state index is -0.446. The molecule has 0 fully saturated rings. The molecule has 0 spiro atoms. The van der Waals surface area contributed by atoms with Gasteiger partial charge in [-0.15, -0.1) is 0 Å². The first-order valence-corrected chi connectivity index (χ1v) is 10.2. The summed E-state index contributed by atoms with van der Waals surface area (Å²) in [6, 6.07) is 13.1. The molecule has 7 nitrogen and oxygen atoms in total. The maximum atomic E-state index is 13.1. The molecule has 0 radical (unpaired) electrons. The number of aryl methyl sites for hydroxylation is 3. The lowest BCUT2D eigenvalue weighted by Gasteiger charge is -2.13. The van der Waals surface area contributed by atoms with Gasteiger partial charge in [-0.1, -0.05) is 42.0 Å². The molecule has 0 unspecified atom stereocenters. The molecule has 0 saturated carbocycles. The van der Waals surface area contributed by atoms with E-state index in [2.05, 4.69) is 4.98 Å². The van der Waals surface area contributed by atoms with Gasteiger partial charge in [-0.05, 0) is 44.9 Å². The zero-order chi connectivity index (χ0) is 22.3. The van der Waals surface area contributed by atoms with Gasteiger partial charge in [-0.25, -0.2) is 14.3 Å². The van der Waals surface area contributed by atoms with Crippen molar-refractivity contribution in [2.24, 2.45) is 0 Å². The van der Waals surface area contributed by atoms with Crippen molar-refractivity contribution in [1.82, 2.24) is 18.7 Å². The summed E-state index contributed by atoms with van der Waals surface area (Å²) in [5.41, 5.74) is 3.71. The molecule has 2 aromatic heterocycles. The number of para-hydroxylation sites is 1. The number of rotatable bonds is 5. The van der Waals surface area contributed by atoms with E-state index in [9.17, 15) is 14.4 Å². The summed E-state index contributed by atoms with van der Waals surface area (Å²) in [6.07, 6.45) is 1.46. The first-order chi connectivity index (χ1) is 14.8. The zero-order valence-electron chi connectivity index (χ0n) is 18.0. The maximum absolute atomic E-state index is 13.1. The topological polar surface area (TPSA) is 78.9 Å². The molecule has 2 aromatic carbocycles. The number of hydrogen-bond acceptors (Lipinski definition) is 4. The minimum Gasteiger partial charge on any atom is -0.317 e. The number of carbonyl (C=O) groups is 1. The molecule has 0 bridgehead atoms. The van der Waals surface area contributed by atoms with Gasteiger partial charge < -0.3 is 4.57 Å². The molecule has 0 N–H and O–H groups in total. The summed E-state index contributed by atoms with van der Waals surface area (Å²) in [4.78, 5) is 43.6. The van der Waals surface area contributed by atoms with Gasteiger partial charge in [0.05, 0.1) is 18.6 Å². The Balaban J connectivity index is 1.92. The lowest BCUT2D eigenvalue weighted by molar-refractivity contribution is 0.0972. The summed E-state index contributed by atoms with van der Waals surface area (Å²) in [7, 11) is 0. The predicted molar refractivity (Wildman–Crippen MR) is 120 cm³/mol. The fourth-order valence-corrected chi connectivity index (χ4v) is 3.98. The van der Waals surface area contributed by atoms with Gasteiger partial charge in [-0.3, -0.25) is 14.2 Å². The molecule has 31 heavy (non-hydrogen) atoms. The fraction of sp³-hybridized carbons (Fsp3) is 0.250. The molecule has 0 atom stereocenters. The van der Waals surface area contributed by atoms with E-state index in [1.54, 1.807) is 17.6 Å². The van der Waals surface area contributed by atoms with E-state index < -0.39 is 11.2 Å². The van der Waals surface area contributed by atoms with Crippen LogP contribution < -0.4 is 11.2 Å². The van der Waals surface area contributed by atoms with E-state index in [0.717, 1.165) is 16.7 Å². The van der Waals surface area contributed by atoms with Gasteiger partial charge in [-0.2, -0.15) is 0 Å². The van der Waals surface area contributed by atoms with Crippen LogP contribution in [0.4, 0.5) is 0 Å². The number of Topliss-reactive ketones (excluding diaryl/α,β-unsaturated/α-hetero) is 1. The lowest BCUT2D eigenvalue weighted by atomic mass is 10.0. The molecule has 4 aromatic rings. The third-order valence-corrected chi connectivity index (χ3v) is 5.57. The van der Waals surface area contributed by atoms with Crippen LogP contribution in [0, 0.1) is 20.8 Å². The summed E-state index contributed by atoms with van der Waals surface area (Å²) in [5.74, 6) is -0.118. The largest absolute Gasteiger partial charge is 0.337 e. The van der Waals surface area contributed by atoms with E-state index in [1.807, 2.05) is 57.2 Å². The molecule has 158 valence electrons. The highest BCUT2D eigenvalue weighted by atomic mass is 16.2. The predicted octanol–water partition coefficient (Wildman–Crippen LogP) is 3.18. The Kier molecular flexibility index (Phi) is 5.19. The van der Waals surface area contributed by atoms with Crippen molar-refractivity contribution >= 4 is 16.9 Å². The number of benzene rings is 2. The first-order valence-electron chi connectivity index (χ1n) is 10.2. The van der Waals surface area contributed by atoms with Crippen molar-refractivity contribution in [2.75, 3.05) is 0 Å². The van der Waals surface area contributed by atoms with Crippen molar-refractivity contribution in [2.45, 2.75) is 40.8 Å². The van der Waals surface area contributed by atoms with Crippen LogP contribution in [-0.2, 0) is 13.1 Å². The van der Waals surface area contributed by atoms with Gasteiger partial charge in [0.1, 0.15) is 0 Å². The van der Waals surface area contributed by atoms with E-state index in [0.29, 0.717) is 11.3 Å². The van der Waals surface area contributed by atoms with Crippen molar-refractivity contribution < 1.29 is 4.79 Å². The SMILES string of the molecule is CCn1c(=O)c2c(ncn2CC(=O)c2ccc(C)cc2C)n(-c2ccccc2C)c1=O. The fourth-order valence-electron chi connectivity index (χ4n) is 3.98. The van der Waals surface area contributed by atoms with Crippen molar-refractivity contribution in [1.29, 1.82) is 0 Å². The third kappa shape index (κ3) is 3.42. The number of fused-ring (bicyclic) bond motifs is 1. The van der Waals surface area contributed by atoms with Gasteiger partial charge in [0, 0.05) is 12.1 Å². The molecule has 0 aliphatic heterocycles. The second-order valence-electron chi connectivity index (χ2n) is 7.74. The Morgan fingerprint density at radius 2 is 1.74 bits per heavy atom. The molecule has 0 saturated heterocycles. The van der Waals surface area contributed by atoms with Crippen LogP contribution in [0.5, 0.6) is 0 Å². The number of nitrogens with zero attached hydrogens (tertiary/aromatic N) is 4. The Bertz CT molecular complexity index is 1440. The van der Waals surface area contributed by atoms with Crippen molar-refractivity contribution in [3.63, 3.8) is 0 Å². The van der Waals surface area contributed by atoms with Crippen LogP contribution in [0.2, 0.25) is 0 Å². The number of aromatic nitrogens is 4. The molecule has 2 heterocycles. The second-order valence-corrected chi connectivity index (χ2v) is 7.74. The highest BCUT2D eigenvalue weighted by molar-refractivity contribution is 5.98. The average molecular weight is 416 g/mol. The van der Waals surface area contributed by atoms with Crippen LogP contribution in [0.25, 0.3) is 16.9 Å². The Morgan fingerprint density at radius 1 is 1.00 bits per heavy atom. The van der Waals surface area contributed by atoms with Crippen LogP contribution in [0.15, 0.2) is 58.4 Å². The standard InChI is InChI=1S/C24H24N4O3/c1-5-27-23(30)21-22(28(24(27)31)19-9-7-6-8-16(19)3)25-14-26(21)13-20(29)18-11-10-15(2)12-17(18)4/h6-12,14H,5,13H2,1-4H3. The van der Waals surface area contributed by atoms with E-state index in [4.69, 9.17) is 0 Å². The van der Waals surface area contributed by atoms with Gasteiger partial charge in [0.25, 0.3) is 5.56 Å². The number of carbonyl (C=O) groups excluding carboxylic acids is 1. The highest BCUT2D eigenvalue weighted by Gasteiger charge is 2.21. The monoisotopic (exact) mass is 416 g/mol. The van der Waals surface area contributed by atoms with Crippen molar-refractivity contribution in [3.8, 4) is 5.69 Å². The Morgan fingerprint density at radius 3 is 2.42 bits per heavy atom. The third-order valence-electron chi connectivity index (χ3n) is 5.57. The summed E-state index contributed by atoms with van der Waals surface area (Å²) in [5, 5.41) is 0. The minimum absolute atomic E-state index is 0.0364. The normalized spacial score (nSPS) is 11.2. The number of imidazole rings is 1. The van der Waals surface area contributed by atoms with Gasteiger partial charge in [0.2, 0.25) is 0 Å². The number of ketones is 1. The average Bonchev–Trinajstić information content (AvgIpc) is 3.13.